The summed E-state index contributed by atoms with van der Waals surface area (Å²) in [5.41, 5.74) is 1.45. The fraction of sp³-hybridized carbons (Fsp3) is 0.250. The Hall–Kier alpha value is -2.83. The van der Waals surface area contributed by atoms with Crippen LogP contribution in [0.2, 0.25) is 0 Å². The number of thiazole rings is 1. The molecule has 0 aliphatic carbocycles. The highest BCUT2D eigenvalue weighted by atomic mass is 127. The Balaban J connectivity index is 1.87. The average Bonchev–Trinajstić information content (AvgIpc) is 3.23. The van der Waals surface area contributed by atoms with Gasteiger partial charge in [-0.2, -0.15) is 0 Å². The topological polar surface area (TPSA) is 88.3 Å². The SMILES string of the molecule is C#CCOc1c(I)cc(/C=c2\sc3n(c2=O)[C@@H](c2ccc(OCC)c(OCC)c2)C(C(=O)OC)=CN=3)cc1I. The molecule has 202 valence electrons. The third kappa shape index (κ3) is 6.17. The molecule has 1 aliphatic rings. The number of nitrogens with zero attached hydrogens (tertiary/aromatic N) is 2. The lowest BCUT2D eigenvalue weighted by Crippen LogP contribution is -2.39. The fourth-order valence-electron chi connectivity index (χ4n) is 4.05. The molecule has 0 saturated heterocycles. The van der Waals surface area contributed by atoms with E-state index in [0.717, 1.165) is 12.7 Å². The van der Waals surface area contributed by atoms with Crippen LogP contribution in [0.3, 0.4) is 0 Å². The first-order valence-corrected chi connectivity index (χ1v) is 14.8. The van der Waals surface area contributed by atoms with Gasteiger partial charge in [-0.15, -0.1) is 6.42 Å². The molecule has 39 heavy (non-hydrogen) atoms. The highest BCUT2D eigenvalue weighted by Crippen LogP contribution is 2.35. The Morgan fingerprint density at radius 3 is 2.46 bits per heavy atom. The van der Waals surface area contributed by atoms with Crippen molar-refractivity contribution in [2.75, 3.05) is 26.9 Å². The summed E-state index contributed by atoms with van der Waals surface area (Å²) in [6, 6.07) is 8.47. The van der Waals surface area contributed by atoms with Crippen LogP contribution in [0.5, 0.6) is 17.2 Å². The molecule has 11 heteroatoms. The maximum absolute atomic E-state index is 13.8. The molecular weight excluding hydrogens is 746 g/mol. The number of rotatable bonds is 9. The molecule has 0 unspecified atom stereocenters. The molecule has 0 spiro atoms. The van der Waals surface area contributed by atoms with Gasteiger partial charge >= 0.3 is 5.97 Å². The fourth-order valence-corrected chi connectivity index (χ4v) is 7.15. The molecule has 0 N–H and O–H groups in total. The van der Waals surface area contributed by atoms with Gasteiger partial charge in [-0.05, 0) is 100 Å². The number of hydrogen-bond acceptors (Lipinski definition) is 8. The van der Waals surface area contributed by atoms with E-state index in [9.17, 15) is 9.59 Å². The number of aromatic nitrogens is 1. The van der Waals surface area contributed by atoms with E-state index in [1.807, 2.05) is 38.1 Å². The number of carbonyl (C=O) groups excluding carboxylic acids is 1. The predicted molar refractivity (Wildman–Crippen MR) is 166 cm³/mol. The molecule has 2 aromatic carbocycles. The van der Waals surface area contributed by atoms with Crippen molar-refractivity contribution in [2.45, 2.75) is 19.9 Å². The zero-order valence-electron chi connectivity index (χ0n) is 21.3. The molecule has 4 rings (SSSR count). The van der Waals surface area contributed by atoms with Crippen LogP contribution in [-0.2, 0) is 9.53 Å². The van der Waals surface area contributed by atoms with Crippen molar-refractivity contribution in [3.63, 3.8) is 0 Å². The van der Waals surface area contributed by atoms with Crippen LogP contribution in [0.25, 0.3) is 6.08 Å². The summed E-state index contributed by atoms with van der Waals surface area (Å²) in [5, 5.41) is 0. The van der Waals surface area contributed by atoms with Crippen molar-refractivity contribution < 1.29 is 23.7 Å². The highest BCUT2D eigenvalue weighted by molar-refractivity contribution is 14.1. The minimum atomic E-state index is -0.759. The predicted octanol–water partition coefficient (Wildman–Crippen LogP) is 4.04. The van der Waals surface area contributed by atoms with Gasteiger partial charge in [0.15, 0.2) is 16.3 Å². The molecule has 0 bridgehead atoms. The maximum Gasteiger partial charge on any atom is 0.337 e. The van der Waals surface area contributed by atoms with E-state index in [-0.39, 0.29) is 17.7 Å². The number of esters is 1. The normalized spacial score (nSPS) is 14.5. The van der Waals surface area contributed by atoms with Crippen molar-refractivity contribution in [1.82, 2.24) is 4.57 Å². The van der Waals surface area contributed by atoms with Gasteiger partial charge in [0.2, 0.25) is 0 Å². The molecule has 1 aromatic heterocycles. The number of methoxy groups -OCH3 is 1. The molecule has 1 atom stereocenters. The highest BCUT2D eigenvalue weighted by Gasteiger charge is 2.31. The van der Waals surface area contributed by atoms with Crippen LogP contribution in [0.15, 0.2) is 51.9 Å². The number of benzene rings is 2. The minimum absolute atomic E-state index is 0.170. The molecule has 0 saturated carbocycles. The molecule has 8 nitrogen and oxygen atoms in total. The Labute approximate surface area is 256 Å². The molecule has 0 fully saturated rings. The van der Waals surface area contributed by atoms with Gasteiger partial charge in [-0.1, -0.05) is 23.3 Å². The van der Waals surface area contributed by atoms with Gasteiger partial charge in [0.25, 0.3) is 5.56 Å². The van der Waals surface area contributed by atoms with Crippen molar-refractivity contribution in [1.29, 1.82) is 0 Å². The lowest BCUT2D eigenvalue weighted by Gasteiger charge is -2.23. The van der Waals surface area contributed by atoms with Crippen LogP contribution < -0.4 is 29.1 Å². The molecule has 0 amide bonds. The van der Waals surface area contributed by atoms with Crippen molar-refractivity contribution in [3.8, 4) is 29.6 Å². The average molecular weight is 770 g/mol. The van der Waals surface area contributed by atoms with Crippen molar-refractivity contribution in [3.05, 3.63) is 80.1 Å². The Morgan fingerprint density at radius 1 is 1.13 bits per heavy atom. The summed E-state index contributed by atoms with van der Waals surface area (Å²) in [4.78, 5) is 31.5. The zero-order valence-corrected chi connectivity index (χ0v) is 26.5. The van der Waals surface area contributed by atoms with Crippen molar-refractivity contribution >= 4 is 68.6 Å². The lowest BCUT2D eigenvalue weighted by atomic mass is 9.97. The quantitative estimate of drug-likeness (QED) is 0.186. The zero-order chi connectivity index (χ0) is 28.1. The molecule has 2 heterocycles. The van der Waals surface area contributed by atoms with E-state index in [2.05, 4.69) is 56.1 Å². The number of halogens is 2. The summed E-state index contributed by atoms with van der Waals surface area (Å²) in [6.07, 6.45) is 8.60. The first-order valence-electron chi connectivity index (χ1n) is 11.9. The number of fused-ring (bicyclic) bond motifs is 1. The summed E-state index contributed by atoms with van der Waals surface area (Å²) in [7, 11) is 1.30. The van der Waals surface area contributed by atoms with E-state index >= 15 is 0 Å². The second-order valence-corrected chi connectivity index (χ2v) is 11.4. The van der Waals surface area contributed by atoms with Gasteiger partial charge in [0, 0.05) is 6.20 Å². The van der Waals surface area contributed by atoms with Gasteiger partial charge in [-0.25, -0.2) is 9.79 Å². The first-order chi connectivity index (χ1) is 18.8. The second kappa shape index (κ2) is 13.0. The lowest BCUT2D eigenvalue weighted by molar-refractivity contribution is -0.136. The van der Waals surface area contributed by atoms with Crippen molar-refractivity contribution in [2.24, 2.45) is 4.99 Å². The van der Waals surface area contributed by atoms with E-state index in [0.29, 0.717) is 45.4 Å². The summed E-state index contributed by atoms with van der Waals surface area (Å²) >= 11 is 5.61. The van der Waals surface area contributed by atoms with E-state index < -0.39 is 12.0 Å². The summed E-state index contributed by atoms with van der Waals surface area (Å²) < 4.78 is 25.9. The molecule has 0 radical (unpaired) electrons. The molecular formula is C28H24I2N2O6S. The minimum Gasteiger partial charge on any atom is -0.490 e. The van der Waals surface area contributed by atoms with Gasteiger partial charge in [-0.3, -0.25) is 9.36 Å². The third-order valence-corrected chi connectivity index (χ3v) is 8.23. The van der Waals surface area contributed by atoms with Gasteiger partial charge in [0.05, 0.1) is 43.6 Å². The number of ether oxygens (including phenoxy) is 4. The Kier molecular flexibility index (Phi) is 9.73. The molecule has 3 aromatic rings. The standard InChI is InChI=1S/C28H24I2N2O6S/c1-5-10-38-25-19(29)11-16(12-20(25)30)13-23-26(33)32-24(18(27(34)35-4)15-31-28(32)39-23)17-8-9-21(36-6-2)22(14-17)37-7-3/h1,8-9,11-15,24H,6-7,10H2,2-4H3/b23-13-/t24-/m0/s1. The van der Waals surface area contributed by atoms with Gasteiger partial charge < -0.3 is 18.9 Å². The number of carbonyl (C=O) groups is 1. The Morgan fingerprint density at radius 2 is 1.82 bits per heavy atom. The largest absolute Gasteiger partial charge is 0.490 e. The number of terminal acetylenes is 1. The van der Waals surface area contributed by atoms with Crippen LogP contribution in [0.1, 0.15) is 31.0 Å². The summed E-state index contributed by atoms with van der Waals surface area (Å²) in [5.74, 6) is 3.71. The van der Waals surface area contributed by atoms with Crippen LogP contribution >= 0.6 is 56.5 Å². The third-order valence-electron chi connectivity index (χ3n) is 5.63. The van der Waals surface area contributed by atoms with E-state index in [4.69, 9.17) is 25.4 Å². The van der Waals surface area contributed by atoms with Gasteiger partial charge in [0.1, 0.15) is 12.4 Å². The first kappa shape index (κ1) is 29.2. The second-order valence-electron chi connectivity index (χ2n) is 8.05. The van der Waals surface area contributed by atoms with Crippen LogP contribution in [-0.4, -0.2) is 37.5 Å². The monoisotopic (exact) mass is 770 g/mol. The van der Waals surface area contributed by atoms with Crippen LogP contribution in [0.4, 0.5) is 0 Å². The number of hydrogen-bond donors (Lipinski definition) is 0. The maximum atomic E-state index is 13.8. The Bertz CT molecular complexity index is 1650. The molecule has 1 aliphatic heterocycles. The smallest absolute Gasteiger partial charge is 0.337 e. The van der Waals surface area contributed by atoms with E-state index in [1.54, 1.807) is 12.1 Å². The summed E-state index contributed by atoms with van der Waals surface area (Å²) in [6.45, 7) is 4.83. The van der Waals surface area contributed by atoms with E-state index in [1.165, 1.54) is 29.2 Å². The van der Waals surface area contributed by atoms with Crippen LogP contribution in [0, 0.1) is 19.5 Å².